The molecule has 1 aromatic heterocycles. The largest absolute Gasteiger partial charge is 0.507 e. The van der Waals surface area contributed by atoms with E-state index in [1.807, 2.05) is 0 Å². The van der Waals surface area contributed by atoms with E-state index in [0.29, 0.717) is 15.8 Å². The van der Waals surface area contributed by atoms with E-state index in [2.05, 4.69) is 26.5 Å². The van der Waals surface area contributed by atoms with Gasteiger partial charge in [-0.3, -0.25) is 4.79 Å². The number of aryl methyl sites for hydroxylation is 1. The molecule has 3 N–H and O–H groups in total. The molecule has 0 bridgehead atoms. The average Bonchev–Trinajstić information content (AvgIpc) is 2.82. The van der Waals surface area contributed by atoms with E-state index in [1.165, 1.54) is 24.4 Å². The van der Waals surface area contributed by atoms with Gasteiger partial charge in [-0.25, -0.2) is 5.43 Å². The molecule has 2 rings (SSSR count). The molecule has 0 unspecified atom stereocenters. The zero-order valence-corrected chi connectivity index (χ0v) is 12.0. The Labute approximate surface area is 122 Å². The van der Waals surface area contributed by atoms with Gasteiger partial charge >= 0.3 is 5.91 Å². The summed E-state index contributed by atoms with van der Waals surface area (Å²) < 4.78 is 5.54. The van der Waals surface area contributed by atoms with Gasteiger partial charge in [-0.05, 0) is 41.1 Å². The number of hydrogen-bond acceptors (Lipinski definition) is 5. The molecule has 2 aromatic rings. The van der Waals surface area contributed by atoms with Crippen molar-refractivity contribution in [2.24, 2.45) is 5.10 Å². The van der Waals surface area contributed by atoms with Gasteiger partial charge in [0.25, 0.3) is 0 Å². The lowest BCUT2D eigenvalue weighted by Gasteiger charge is -2.02. The summed E-state index contributed by atoms with van der Waals surface area (Å²) in [4.78, 5) is 11.6. The Morgan fingerprint density at radius 1 is 1.35 bits per heavy atom. The molecule has 0 aliphatic heterocycles. The lowest BCUT2D eigenvalue weighted by molar-refractivity contribution is 0.0926. The number of furan rings is 1. The molecule has 0 radical (unpaired) electrons. The Hall–Kier alpha value is -2.28. The molecule has 1 aromatic carbocycles. The maximum Gasteiger partial charge on any atom is 0.307 e. The van der Waals surface area contributed by atoms with E-state index in [4.69, 9.17) is 4.42 Å². The molecule has 0 atom stereocenters. The van der Waals surface area contributed by atoms with Crippen LogP contribution in [0.3, 0.4) is 0 Å². The first kappa shape index (κ1) is 14.1. The summed E-state index contributed by atoms with van der Waals surface area (Å²) in [5.74, 6) is 0.0361. The minimum Gasteiger partial charge on any atom is -0.507 e. The first-order valence-corrected chi connectivity index (χ1v) is 6.38. The molecular formula is C13H11BrN2O4. The highest BCUT2D eigenvalue weighted by atomic mass is 79.9. The number of rotatable bonds is 3. The number of halogens is 1. The summed E-state index contributed by atoms with van der Waals surface area (Å²) in [6.07, 6.45) is 1.26. The summed E-state index contributed by atoms with van der Waals surface area (Å²) in [7, 11) is 0. The SMILES string of the molecule is Cc1ccc(C(=O)N/N=C\c2cc(Br)c(O)cc2O)o1. The maximum absolute atomic E-state index is 11.6. The second kappa shape index (κ2) is 5.79. The first-order valence-electron chi connectivity index (χ1n) is 5.58. The molecule has 1 amide bonds. The molecule has 0 aliphatic rings. The number of phenolic OH excluding ortho intramolecular Hbond substituents is 2. The fourth-order valence-corrected chi connectivity index (χ4v) is 1.80. The van der Waals surface area contributed by atoms with Crippen molar-refractivity contribution >= 4 is 28.1 Å². The lowest BCUT2D eigenvalue weighted by Crippen LogP contribution is -2.16. The molecular weight excluding hydrogens is 328 g/mol. The Morgan fingerprint density at radius 2 is 2.10 bits per heavy atom. The average molecular weight is 339 g/mol. The van der Waals surface area contributed by atoms with Gasteiger partial charge in [0.1, 0.15) is 17.3 Å². The standard InChI is InChI=1S/C13H11BrN2O4/c1-7-2-3-12(20-7)13(19)16-15-6-8-4-9(14)11(18)5-10(8)17/h2-6,17-18H,1H3,(H,16,19)/b15-6-. The van der Waals surface area contributed by atoms with Crippen LogP contribution in [0.15, 0.2) is 38.3 Å². The van der Waals surface area contributed by atoms with Crippen LogP contribution in [0.4, 0.5) is 0 Å². The summed E-state index contributed by atoms with van der Waals surface area (Å²) in [6, 6.07) is 5.84. The van der Waals surface area contributed by atoms with Gasteiger partial charge in [-0.2, -0.15) is 5.10 Å². The fraction of sp³-hybridized carbons (Fsp3) is 0.0769. The number of nitrogens with one attached hydrogen (secondary N) is 1. The molecule has 7 heteroatoms. The quantitative estimate of drug-likeness (QED) is 0.592. The number of amides is 1. The molecule has 0 spiro atoms. The van der Waals surface area contributed by atoms with Crippen LogP contribution < -0.4 is 5.43 Å². The Morgan fingerprint density at radius 3 is 2.75 bits per heavy atom. The van der Waals surface area contributed by atoms with Crippen molar-refractivity contribution in [2.45, 2.75) is 6.92 Å². The third-order valence-corrected chi connectivity index (χ3v) is 3.07. The number of aromatic hydroxyl groups is 2. The zero-order chi connectivity index (χ0) is 14.7. The molecule has 0 aliphatic carbocycles. The normalized spacial score (nSPS) is 10.9. The second-order valence-corrected chi connectivity index (χ2v) is 4.83. The predicted molar refractivity (Wildman–Crippen MR) is 76.0 cm³/mol. The summed E-state index contributed by atoms with van der Waals surface area (Å²) in [5.41, 5.74) is 2.61. The summed E-state index contributed by atoms with van der Waals surface area (Å²) in [6.45, 7) is 1.73. The highest BCUT2D eigenvalue weighted by Crippen LogP contribution is 2.30. The lowest BCUT2D eigenvalue weighted by atomic mass is 10.2. The first-order chi connectivity index (χ1) is 9.47. The number of phenols is 2. The van der Waals surface area contributed by atoms with E-state index in [9.17, 15) is 15.0 Å². The molecule has 104 valence electrons. The molecule has 0 saturated carbocycles. The van der Waals surface area contributed by atoms with Crippen LogP contribution in [-0.4, -0.2) is 22.3 Å². The van der Waals surface area contributed by atoms with E-state index >= 15 is 0 Å². The van der Waals surface area contributed by atoms with E-state index in [-0.39, 0.29) is 17.3 Å². The van der Waals surface area contributed by atoms with Gasteiger partial charge in [0.15, 0.2) is 5.76 Å². The molecule has 6 nitrogen and oxygen atoms in total. The molecule has 20 heavy (non-hydrogen) atoms. The van der Waals surface area contributed by atoms with Crippen molar-refractivity contribution in [2.75, 3.05) is 0 Å². The third-order valence-electron chi connectivity index (χ3n) is 2.43. The second-order valence-electron chi connectivity index (χ2n) is 3.97. The Kier molecular flexibility index (Phi) is 4.09. The zero-order valence-electron chi connectivity index (χ0n) is 10.4. The topological polar surface area (TPSA) is 95.1 Å². The highest BCUT2D eigenvalue weighted by molar-refractivity contribution is 9.10. The number of hydrogen-bond donors (Lipinski definition) is 3. The fourth-order valence-electron chi connectivity index (χ4n) is 1.44. The van der Waals surface area contributed by atoms with Crippen LogP contribution in [0, 0.1) is 6.92 Å². The van der Waals surface area contributed by atoms with E-state index in [1.54, 1.807) is 13.0 Å². The number of carbonyl (C=O) groups is 1. The summed E-state index contributed by atoms with van der Waals surface area (Å²) in [5, 5.41) is 22.7. The van der Waals surface area contributed by atoms with Gasteiger partial charge < -0.3 is 14.6 Å². The third kappa shape index (κ3) is 3.18. The van der Waals surface area contributed by atoms with Crippen LogP contribution in [0.2, 0.25) is 0 Å². The van der Waals surface area contributed by atoms with Gasteiger partial charge in [0.2, 0.25) is 0 Å². The van der Waals surface area contributed by atoms with Crippen molar-refractivity contribution in [1.29, 1.82) is 0 Å². The van der Waals surface area contributed by atoms with Crippen molar-refractivity contribution in [3.8, 4) is 11.5 Å². The monoisotopic (exact) mass is 338 g/mol. The van der Waals surface area contributed by atoms with Crippen molar-refractivity contribution in [3.63, 3.8) is 0 Å². The van der Waals surface area contributed by atoms with E-state index < -0.39 is 5.91 Å². The van der Waals surface area contributed by atoms with Crippen molar-refractivity contribution in [1.82, 2.24) is 5.43 Å². The van der Waals surface area contributed by atoms with Gasteiger partial charge in [0, 0.05) is 11.6 Å². The highest BCUT2D eigenvalue weighted by Gasteiger charge is 2.09. The summed E-state index contributed by atoms with van der Waals surface area (Å²) >= 11 is 3.12. The molecule has 0 saturated heterocycles. The van der Waals surface area contributed by atoms with Crippen molar-refractivity contribution < 1.29 is 19.4 Å². The van der Waals surface area contributed by atoms with Crippen molar-refractivity contribution in [3.05, 3.63) is 45.8 Å². The number of nitrogens with zero attached hydrogens (tertiary/aromatic N) is 1. The molecule has 0 fully saturated rings. The number of benzene rings is 1. The Bertz CT molecular complexity index is 679. The van der Waals surface area contributed by atoms with Gasteiger partial charge in [-0.1, -0.05) is 0 Å². The smallest absolute Gasteiger partial charge is 0.307 e. The van der Waals surface area contributed by atoms with Crippen LogP contribution in [0.25, 0.3) is 0 Å². The predicted octanol–water partition coefficient (Wildman–Crippen LogP) is 2.53. The maximum atomic E-state index is 11.6. The van der Waals surface area contributed by atoms with E-state index in [0.717, 1.165) is 0 Å². The number of carbonyl (C=O) groups excluding carboxylic acids is 1. The van der Waals surface area contributed by atoms with Gasteiger partial charge in [0.05, 0.1) is 10.7 Å². The van der Waals surface area contributed by atoms with Crippen LogP contribution in [-0.2, 0) is 0 Å². The minimum atomic E-state index is -0.494. The minimum absolute atomic E-state index is 0.0882. The van der Waals surface area contributed by atoms with Crippen LogP contribution in [0.1, 0.15) is 21.9 Å². The molecule has 1 heterocycles. The number of hydrazone groups is 1. The van der Waals surface area contributed by atoms with Crippen LogP contribution >= 0.6 is 15.9 Å². The van der Waals surface area contributed by atoms with Gasteiger partial charge in [-0.15, -0.1) is 0 Å². The van der Waals surface area contributed by atoms with Crippen LogP contribution in [0.5, 0.6) is 11.5 Å². The Balaban J connectivity index is 2.07.